The molecular formula is C17H22N2OS. The van der Waals surface area contributed by atoms with Crippen molar-refractivity contribution < 1.29 is 5.11 Å². The molecule has 0 unspecified atom stereocenters. The SMILES string of the molecule is CC(C)(C)c1ncc(CN[C@@H]2c3ccccc3C[C@@H]2O)s1. The molecule has 4 heteroatoms. The Labute approximate surface area is 130 Å². The molecule has 0 saturated heterocycles. The van der Waals surface area contributed by atoms with Gasteiger partial charge in [-0.05, 0) is 11.1 Å². The fourth-order valence-electron chi connectivity index (χ4n) is 2.77. The van der Waals surface area contributed by atoms with Gasteiger partial charge in [-0.25, -0.2) is 4.98 Å². The zero-order valence-corrected chi connectivity index (χ0v) is 13.6. The van der Waals surface area contributed by atoms with Crippen LogP contribution in [0.25, 0.3) is 0 Å². The van der Waals surface area contributed by atoms with Gasteiger partial charge in [0.2, 0.25) is 0 Å². The average Bonchev–Trinajstić information content (AvgIpc) is 3.00. The molecule has 2 atom stereocenters. The highest BCUT2D eigenvalue weighted by Gasteiger charge is 2.30. The van der Waals surface area contributed by atoms with Crippen LogP contribution in [-0.4, -0.2) is 16.2 Å². The number of aromatic nitrogens is 1. The minimum Gasteiger partial charge on any atom is -0.391 e. The molecule has 1 aromatic carbocycles. The molecular weight excluding hydrogens is 280 g/mol. The summed E-state index contributed by atoms with van der Waals surface area (Å²) in [7, 11) is 0. The number of nitrogens with zero attached hydrogens (tertiary/aromatic N) is 1. The van der Waals surface area contributed by atoms with Crippen molar-refractivity contribution in [3.8, 4) is 0 Å². The van der Waals surface area contributed by atoms with Gasteiger partial charge in [0.15, 0.2) is 0 Å². The van der Waals surface area contributed by atoms with Gasteiger partial charge in [-0.3, -0.25) is 0 Å². The van der Waals surface area contributed by atoms with E-state index in [1.165, 1.54) is 16.0 Å². The Morgan fingerprint density at radius 1 is 1.33 bits per heavy atom. The predicted octanol–water partition coefficient (Wildman–Crippen LogP) is 3.19. The lowest BCUT2D eigenvalue weighted by atomic mass is 9.98. The standard InChI is InChI=1S/C17H22N2OS/c1-17(2,3)16-19-10-12(21-16)9-18-15-13-7-5-4-6-11(13)8-14(15)20/h4-7,10,14-15,18,20H,8-9H2,1-3H3/t14-,15+/m0/s1. The monoisotopic (exact) mass is 302 g/mol. The second-order valence-corrected chi connectivity index (χ2v) is 7.83. The van der Waals surface area contributed by atoms with E-state index >= 15 is 0 Å². The Hall–Kier alpha value is -1.23. The van der Waals surface area contributed by atoms with Gasteiger partial charge < -0.3 is 10.4 Å². The third-order valence-electron chi connectivity index (χ3n) is 3.90. The minimum absolute atomic E-state index is 0.0291. The van der Waals surface area contributed by atoms with E-state index in [-0.39, 0.29) is 17.6 Å². The summed E-state index contributed by atoms with van der Waals surface area (Å²) < 4.78 is 0. The maximum absolute atomic E-state index is 10.2. The Kier molecular flexibility index (Phi) is 3.86. The third kappa shape index (κ3) is 3.03. The number of nitrogens with one attached hydrogen (secondary N) is 1. The number of thiazole rings is 1. The largest absolute Gasteiger partial charge is 0.391 e. The lowest BCUT2D eigenvalue weighted by Crippen LogP contribution is -2.28. The van der Waals surface area contributed by atoms with Crippen molar-refractivity contribution >= 4 is 11.3 Å². The Bertz CT molecular complexity index is 630. The molecule has 0 aliphatic heterocycles. The number of benzene rings is 1. The first-order valence-electron chi connectivity index (χ1n) is 7.39. The van der Waals surface area contributed by atoms with E-state index in [9.17, 15) is 5.11 Å². The molecule has 0 amide bonds. The van der Waals surface area contributed by atoms with Crippen molar-refractivity contribution in [2.45, 2.75) is 51.3 Å². The molecule has 3 nitrogen and oxygen atoms in total. The van der Waals surface area contributed by atoms with E-state index in [1.54, 1.807) is 11.3 Å². The normalized spacial score (nSPS) is 21.5. The molecule has 1 heterocycles. The maximum atomic E-state index is 10.2. The lowest BCUT2D eigenvalue weighted by molar-refractivity contribution is 0.141. The van der Waals surface area contributed by atoms with Crippen LogP contribution in [0.15, 0.2) is 30.5 Å². The van der Waals surface area contributed by atoms with Gasteiger partial charge >= 0.3 is 0 Å². The first-order valence-corrected chi connectivity index (χ1v) is 8.21. The summed E-state index contributed by atoms with van der Waals surface area (Å²) >= 11 is 1.75. The first-order chi connectivity index (χ1) is 9.95. The molecule has 0 fully saturated rings. The van der Waals surface area contributed by atoms with Gasteiger partial charge in [0, 0.05) is 29.5 Å². The average molecular weight is 302 g/mol. The number of aliphatic hydroxyl groups excluding tert-OH is 1. The van der Waals surface area contributed by atoms with Crippen molar-refractivity contribution in [1.82, 2.24) is 10.3 Å². The van der Waals surface area contributed by atoms with Crippen LogP contribution in [0.5, 0.6) is 0 Å². The fourth-order valence-corrected chi connectivity index (χ4v) is 3.69. The second-order valence-electron chi connectivity index (χ2n) is 6.71. The van der Waals surface area contributed by atoms with Crippen LogP contribution in [0.1, 0.15) is 47.8 Å². The highest BCUT2D eigenvalue weighted by Crippen LogP contribution is 2.32. The maximum Gasteiger partial charge on any atom is 0.0981 e. The van der Waals surface area contributed by atoms with E-state index in [0.29, 0.717) is 0 Å². The van der Waals surface area contributed by atoms with Crippen LogP contribution in [0.3, 0.4) is 0 Å². The Balaban J connectivity index is 1.69. The van der Waals surface area contributed by atoms with Gasteiger partial charge in [-0.2, -0.15) is 0 Å². The van der Waals surface area contributed by atoms with Crippen LogP contribution < -0.4 is 5.32 Å². The van der Waals surface area contributed by atoms with Crippen LogP contribution in [0, 0.1) is 0 Å². The zero-order chi connectivity index (χ0) is 15.0. The van der Waals surface area contributed by atoms with Gasteiger partial charge in [-0.15, -0.1) is 11.3 Å². The van der Waals surface area contributed by atoms with Crippen LogP contribution in [0.4, 0.5) is 0 Å². The van der Waals surface area contributed by atoms with Crippen molar-refractivity contribution in [2.75, 3.05) is 0 Å². The summed E-state index contributed by atoms with van der Waals surface area (Å²) in [6.07, 6.45) is 2.35. The third-order valence-corrected chi connectivity index (χ3v) is 5.32. The topological polar surface area (TPSA) is 45.2 Å². The summed E-state index contributed by atoms with van der Waals surface area (Å²) in [6, 6.07) is 8.31. The highest BCUT2D eigenvalue weighted by molar-refractivity contribution is 7.11. The molecule has 112 valence electrons. The molecule has 0 radical (unpaired) electrons. The van der Waals surface area contributed by atoms with E-state index < -0.39 is 0 Å². The second kappa shape index (κ2) is 5.52. The Morgan fingerprint density at radius 2 is 2.10 bits per heavy atom. The minimum atomic E-state index is -0.336. The molecule has 2 aromatic rings. The van der Waals surface area contributed by atoms with Gasteiger partial charge in [0.1, 0.15) is 0 Å². The van der Waals surface area contributed by atoms with E-state index in [4.69, 9.17) is 0 Å². The molecule has 1 aliphatic rings. The first kappa shape index (κ1) is 14.7. The van der Waals surface area contributed by atoms with Gasteiger partial charge in [0.05, 0.1) is 17.2 Å². The molecule has 0 bridgehead atoms. The molecule has 1 aliphatic carbocycles. The number of hydrogen-bond donors (Lipinski definition) is 2. The number of hydrogen-bond acceptors (Lipinski definition) is 4. The molecule has 3 rings (SSSR count). The van der Waals surface area contributed by atoms with Crippen LogP contribution in [-0.2, 0) is 18.4 Å². The number of fused-ring (bicyclic) bond motifs is 1. The van der Waals surface area contributed by atoms with Crippen molar-refractivity contribution in [3.63, 3.8) is 0 Å². The van der Waals surface area contributed by atoms with Gasteiger partial charge in [0.25, 0.3) is 0 Å². The van der Waals surface area contributed by atoms with Crippen LogP contribution in [0.2, 0.25) is 0 Å². The van der Waals surface area contributed by atoms with Gasteiger partial charge in [-0.1, -0.05) is 45.0 Å². The van der Waals surface area contributed by atoms with Crippen LogP contribution >= 0.6 is 11.3 Å². The molecule has 1 aromatic heterocycles. The smallest absolute Gasteiger partial charge is 0.0981 e. The Morgan fingerprint density at radius 3 is 2.81 bits per heavy atom. The number of rotatable bonds is 3. The summed E-state index contributed by atoms with van der Waals surface area (Å²) in [4.78, 5) is 5.73. The van der Waals surface area contributed by atoms with Crippen molar-refractivity contribution in [1.29, 1.82) is 0 Å². The summed E-state index contributed by atoms with van der Waals surface area (Å²) in [6.45, 7) is 7.30. The zero-order valence-electron chi connectivity index (χ0n) is 12.8. The highest BCUT2D eigenvalue weighted by atomic mass is 32.1. The lowest BCUT2D eigenvalue weighted by Gasteiger charge is -2.17. The summed E-state index contributed by atoms with van der Waals surface area (Å²) in [5, 5.41) is 14.9. The number of aliphatic hydroxyl groups is 1. The van der Waals surface area contributed by atoms with E-state index in [2.05, 4.69) is 43.2 Å². The quantitative estimate of drug-likeness (QED) is 0.915. The molecule has 21 heavy (non-hydrogen) atoms. The molecule has 0 spiro atoms. The van der Waals surface area contributed by atoms with Crippen molar-refractivity contribution in [3.05, 3.63) is 51.5 Å². The van der Waals surface area contributed by atoms with E-state index in [0.717, 1.165) is 18.0 Å². The summed E-state index contributed by atoms with van der Waals surface area (Å²) in [5.74, 6) is 0. The molecule has 0 saturated carbocycles. The van der Waals surface area contributed by atoms with Crippen molar-refractivity contribution in [2.24, 2.45) is 0 Å². The fraction of sp³-hybridized carbons (Fsp3) is 0.471. The predicted molar refractivity (Wildman–Crippen MR) is 86.5 cm³/mol. The molecule has 2 N–H and O–H groups in total. The summed E-state index contributed by atoms with van der Waals surface area (Å²) in [5.41, 5.74) is 2.58. The van der Waals surface area contributed by atoms with E-state index in [1.807, 2.05) is 18.3 Å².